The van der Waals surface area contributed by atoms with Gasteiger partial charge in [-0.1, -0.05) is 0 Å². The molecule has 1 saturated carbocycles. The Bertz CT molecular complexity index is 487. The van der Waals surface area contributed by atoms with E-state index in [1.807, 2.05) is 4.57 Å². The van der Waals surface area contributed by atoms with E-state index in [0.29, 0.717) is 23.4 Å². The average molecular weight is 202 g/mol. The number of nitrogens with two attached hydrogens (primary N) is 1. The minimum absolute atomic E-state index is 0.396. The van der Waals surface area contributed by atoms with Crippen molar-refractivity contribution in [3.8, 4) is 11.5 Å². The topological polar surface area (TPSA) is 82.5 Å². The SMILES string of the molecule is Nc1nccnc1-c1nncn1C1CC1. The van der Waals surface area contributed by atoms with E-state index in [0.717, 1.165) is 0 Å². The lowest BCUT2D eigenvalue weighted by atomic mass is 10.4. The van der Waals surface area contributed by atoms with Crippen LogP contribution in [0.5, 0.6) is 0 Å². The van der Waals surface area contributed by atoms with E-state index < -0.39 is 0 Å². The monoisotopic (exact) mass is 202 g/mol. The smallest absolute Gasteiger partial charge is 0.186 e. The van der Waals surface area contributed by atoms with Crippen LogP contribution in [-0.4, -0.2) is 24.7 Å². The van der Waals surface area contributed by atoms with E-state index in [-0.39, 0.29) is 0 Å². The quantitative estimate of drug-likeness (QED) is 0.773. The predicted molar refractivity (Wildman–Crippen MR) is 53.7 cm³/mol. The van der Waals surface area contributed by atoms with Crippen LogP contribution in [0.25, 0.3) is 11.5 Å². The second-order valence-corrected chi connectivity index (χ2v) is 3.58. The molecule has 2 heterocycles. The Kier molecular flexibility index (Phi) is 1.67. The molecular formula is C9H10N6. The number of rotatable bonds is 2. The first kappa shape index (κ1) is 8.34. The minimum Gasteiger partial charge on any atom is -0.382 e. The molecule has 0 bridgehead atoms. The predicted octanol–water partition coefficient (Wildman–Crippen LogP) is 0.652. The van der Waals surface area contributed by atoms with Gasteiger partial charge in [0.15, 0.2) is 11.6 Å². The van der Waals surface area contributed by atoms with Gasteiger partial charge in [0.25, 0.3) is 0 Å². The zero-order chi connectivity index (χ0) is 10.3. The van der Waals surface area contributed by atoms with E-state index in [1.165, 1.54) is 12.8 Å². The molecule has 1 aliphatic rings. The van der Waals surface area contributed by atoms with Crippen molar-refractivity contribution in [2.75, 3.05) is 5.73 Å². The van der Waals surface area contributed by atoms with Crippen molar-refractivity contribution in [1.82, 2.24) is 24.7 Å². The maximum absolute atomic E-state index is 5.75. The molecule has 2 N–H and O–H groups in total. The van der Waals surface area contributed by atoms with Gasteiger partial charge in [0.1, 0.15) is 12.0 Å². The van der Waals surface area contributed by atoms with Crippen molar-refractivity contribution < 1.29 is 0 Å². The molecule has 1 aliphatic carbocycles. The highest BCUT2D eigenvalue weighted by molar-refractivity contribution is 5.63. The van der Waals surface area contributed by atoms with Gasteiger partial charge >= 0.3 is 0 Å². The molecule has 2 aromatic heterocycles. The normalized spacial score (nSPS) is 15.5. The first-order valence-electron chi connectivity index (χ1n) is 4.82. The van der Waals surface area contributed by atoms with Crippen molar-refractivity contribution in [1.29, 1.82) is 0 Å². The fourth-order valence-corrected chi connectivity index (χ4v) is 1.55. The van der Waals surface area contributed by atoms with Crippen molar-refractivity contribution in [2.24, 2.45) is 0 Å². The molecule has 0 atom stereocenters. The maximum Gasteiger partial charge on any atom is 0.186 e. The molecule has 0 aliphatic heterocycles. The molecule has 3 rings (SSSR count). The van der Waals surface area contributed by atoms with Gasteiger partial charge in [0.05, 0.1) is 0 Å². The van der Waals surface area contributed by atoms with Crippen LogP contribution in [0.2, 0.25) is 0 Å². The second kappa shape index (κ2) is 3.01. The molecule has 0 saturated heterocycles. The summed E-state index contributed by atoms with van der Waals surface area (Å²) in [6.07, 6.45) is 7.24. The first-order chi connectivity index (χ1) is 7.36. The molecule has 0 amide bonds. The Morgan fingerprint density at radius 1 is 1.27 bits per heavy atom. The molecule has 6 heteroatoms. The summed E-state index contributed by atoms with van der Waals surface area (Å²) in [5.41, 5.74) is 6.36. The molecule has 1 fully saturated rings. The Balaban J connectivity index is 2.12. The highest BCUT2D eigenvalue weighted by atomic mass is 15.3. The Morgan fingerprint density at radius 3 is 2.80 bits per heavy atom. The Labute approximate surface area is 86.2 Å². The summed E-state index contributed by atoms with van der Waals surface area (Å²) in [7, 11) is 0. The number of hydrogen-bond acceptors (Lipinski definition) is 5. The fraction of sp³-hybridized carbons (Fsp3) is 0.333. The van der Waals surface area contributed by atoms with E-state index in [4.69, 9.17) is 5.73 Å². The van der Waals surface area contributed by atoms with Crippen LogP contribution in [0.1, 0.15) is 18.9 Å². The molecule has 76 valence electrons. The van der Waals surface area contributed by atoms with Gasteiger partial charge in [-0.25, -0.2) is 9.97 Å². The van der Waals surface area contributed by atoms with Crippen LogP contribution in [0.4, 0.5) is 5.82 Å². The van der Waals surface area contributed by atoms with Crippen molar-refractivity contribution in [3.63, 3.8) is 0 Å². The van der Waals surface area contributed by atoms with Crippen molar-refractivity contribution in [2.45, 2.75) is 18.9 Å². The minimum atomic E-state index is 0.396. The van der Waals surface area contributed by atoms with Crippen LogP contribution in [-0.2, 0) is 0 Å². The van der Waals surface area contributed by atoms with Crippen LogP contribution >= 0.6 is 0 Å². The summed E-state index contributed by atoms with van der Waals surface area (Å²) in [5, 5.41) is 7.93. The molecule has 0 radical (unpaired) electrons. The van der Waals surface area contributed by atoms with Gasteiger partial charge in [-0.05, 0) is 12.8 Å². The Morgan fingerprint density at radius 2 is 2.07 bits per heavy atom. The van der Waals surface area contributed by atoms with Crippen LogP contribution in [0.15, 0.2) is 18.7 Å². The van der Waals surface area contributed by atoms with Gasteiger partial charge in [0.2, 0.25) is 0 Å². The lowest BCUT2D eigenvalue weighted by Gasteiger charge is -2.04. The molecule has 6 nitrogen and oxygen atoms in total. The number of nitrogen functional groups attached to an aromatic ring is 1. The summed E-state index contributed by atoms with van der Waals surface area (Å²) in [6, 6.07) is 0.511. The van der Waals surface area contributed by atoms with Gasteiger partial charge in [-0.15, -0.1) is 10.2 Å². The van der Waals surface area contributed by atoms with E-state index >= 15 is 0 Å². The van der Waals surface area contributed by atoms with Gasteiger partial charge in [0, 0.05) is 18.4 Å². The van der Waals surface area contributed by atoms with Crippen LogP contribution in [0.3, 0.4) is 0 Å². The van der Waals surface area contributed by atoms with Crippen LogP contribution < -0.4 is 5.73 Å². The zero-order valence-electron chi connectivity index (χ0n) is 8.04. The zero-order valence-corrected chi connectivity index (χ0v) is 8.04. The molecule has 2 aromatic rings. The van der Waals surface area contributed by atoms with Crippen molar-refractivity contribution >= 4 is 5.82 Å². The number of anilines is 1. The average Bonchev–Trinajstić information content (AvgIpc) is 2.98. The second-order valence-electron chi connectivity index (χ2n) is 3.58. The lowest BCUT2D eigenvalue weighted by molar-refractivity contribution is 0.743. The van der Waals surface area contributed by atoms with E-state index in [9.17, 15) is 0 Å². The Hall–Kier alpha value is -1.98. The highest BCUT2D eigenvalue weighted by Gasteiger charge is 2.27. The lowest BCUT2D eigenvalue weighted by Crippen LogP contribution is -2.02. The standard InChI is InChI=1S/C9H10N6/c10-8-7(11-3-4-12-8)9-14-13-5-15(9)6-1-2-6/h3-6H,1-2H2,(H2,10,12). The van der Waals surface area contributed by atoms with Gasteiger partial charge in [-0.2, -0.15) is 0 Å². The molecule has 15 heavy (non-hydrogen) atoms. The van der Waals surface area contributed by atoms with Crippen LogP contribution in [0, 0.1) is 0 Å². The van der Waals surface area contributed by atoms with Crippen molar-refractivity contribution in [3.05, 3.63) is 18.7 Å². The molecule has 0 aromatic carbocycles. The summed E-state index contributed by atoms with van der Waals surface area (Å²) >= 11 is 0. The van der Waals surface area contributed by atoms with Gasteiger partial charge < -0.3 is 10.3 Å². The van der Waals surface area contributed by atoms with E-state index in [1.54, 1.807) is 18.7 Å². The number of aromatic nitrogens is 5. The summed E-state index contributed by atoms with van der Waals surface area (Å²) in [4.78, 5) is 8.17. The maximum atomic E-state index is 5.75. The summed E-state index contributed by atoms with van der Waals surface area (Å²) in [5.74, 6) is 1.11. The number of hydrogen-bond donors (Lipinski definition) is 1. The largest absolute Gasteiger partial charge is 0.382 e. The van der Waals surface area contributed by atoms with Gasteiger partial charge in [-0.3, -0.25) is 0 Å². The molecule has 0 spiro atoms. The van der Waals surface area contributed by atoms with E-state index in [2.05, 4.69) is 20.2 Å². The summed E-state index contributed by atoms with van der Waals surface area (Å²) in [6.45, 7) is 0. The highest BCUT2D eigenvalue weighted by Crippen LogP contribution is 2.37. The third-order valence-electron chi connectivity index (χ3n) is 2.45. The molecule has 0 unspecified atom stereocenters. The fourth-order valence-electron chi connectivity index (χ4n) is 1.55. The third kappa shape index (κ3) is 1.34. The summed E-state index contributed by atoms with van der Waals surface area (Å²) < 4.78 is 2.01. The number of nitrogens with zero attached hydrogens (tertiary/aromatic N) is 5. The molecular weight excluding hydrogens is 192 g/mol. The third-order valence-corrected chi connectivity index (χ3v) is 2.45. The first-order valence-corrected chi connectivity index (χ1v) is 4.82.